The number of carbonyl (C=O) groups is 1. The van der Waals surface area contributed by atoms with Crippen LogP contribution in [0.4, 0.5) is 11.4 Å². The fourth-order valence-corrected chi connectivity index (χ4v) is 2.25. The van der Waals surface area contributed by atoms with Crippen molar-refractivity contribution in [2.45, 2.75) is 6.92 Å². The molecule has 0 bridgehead atoms. The van der Waals surface area contributed by atoms with E-state index in [1.165, 1.54) is 6.20 Å². The number of aryl methyl sites for hydroxylation is 1. The minimum absolute atomic E-state index is 0.313. The molecule has 0 aliphatic carbocycles. The standard InChI is InChI=1S/C14H15N3O3S/c1-10-7-8-11(9-15-10)14(18)16-12-5-3-4-6-13(12)17-21(2,19)20/h3-9,17H,1-2H3,(H,16,18). The number of anilines is 2. The van der Waals surface area contributed by atoms with Gasteiger partial charge in [0.05, 0.1) is 23.2 Å². The van der Waals surface area contributed by atoms with Crippen LogP contribution in [0.3, 0.4) is 0 Å². The van der Waals surface area contributed by atoms with Gasteiger partial charge in [0.15, 0.2) is 0 Å². The van der Waals surface area contributed by atoms with E-state index in [-0.39, 0.29) is 5.91 Å². The molecule has 1 amide bonds. The van der Waals surface area contributed by atoms with Crippen molar-refractivity contribution in [1.29, 1.82) is 0 Å². The van der Waals surface area contributed by atoms with E-state index >= 15 is 0 Å². The van der Waals surface area contributed by atoms with E-state index in [1.54, 1.807) is 36.4 Å². The van der Waals surface area contributed by atoms with Gasteiger partial charge in [0.25, 0.3) is 5.91 Å². The van der Waals surface area contributed by atoms with Crippen LogP contribution in [0.5, 0.6) is 0 Å². The molecule has 2 N–H and O–H groups in total. The first kappa shape index (κ1) is 15.0. The Kier molecular flexibility index (Phi) is 4.23. The number of amides is 1. The molecule has 2 aromatic rings. The van der Waals surface area contributed by atoms with Crippen LogP contribution < -0.4 is 10.0 Å². The minimum Gasteiger partial charge on any atom is -0.320 e. The van der Waals surface area contributed by atoms with Crippen molar-refractivity contribution in [2.24, 2.45) is 0 Å². The molecular weight excluding hydrogens is 290 g/mol. The quantitative estimate of drug-likeness (QED) is 0.904. The Labute approximate surface area is 123 Å². The zero-order valence-electron chi connectivity index (χ0n) is 11.6. The minimum atomic E-state index is -3.42. The van der Waals surface area contributed by atoms with Crippen LogP contribution in [-0.4, -0.2) is 25.6 Å². The van der Waals surface area contributed by atoms with Crippen LogP contribution in [0.25, 0.3) is 0 Å². The van der Waals surface area contributed by atoms with Gasteiger partial charge in [-0.15, -0.1) is 0 Å². The Morgan fingerprint density at radius 2 is 1.76 bits per heavy atom. The Morgan fingerprint density at radius 1 is 1.10 bits per heavy atom. The highest BCUT2D eigenvalue weighted by Crippen LogP contribution is 2.22. The molecule has 6 nitrogen and oxygen atoms in total. The second-order valence-corrected chi connectivity index (χ2v) is 6.31. The summed E-state index contributed by atoms with van der Waals surface area (Å²) in [5.74, 6) is -0.356. The van der Waals surface area contributed by atoms with Gasteiger partial charge in [-0.2, -0.15) is 0 Å². The fraction of sp³-hybridized carbons (Fsp3) is 0.143. The first-order chi connectivity index (χ1) is 9.85. The number of aromatic nitrogens is 1. The summed E-state index contributed by atoms with van der Waals surface area (Å²) in [6, 6.07) is 9.96. The van der Waals surface area contributed by atoms with Crippen molar-refractivity contribution in [1.82, 2.24) is 4.98 Å². The molecule has 1 aromatic carbocycles. The summed E-state index contributed by atoms with van der Waals surface area (Å²) in [6.07, 6.45) is 2.52. The largest absolute Gasteiger partial charge is 0.320 e. The number of nitrogens with one attached hydrogen (secondary N) is 2. The van der Waals surface area contributed by atoms with Crippen LogP contribution in [-0.2, 0) is 10.0 Å². The van der Waals surface area contributed by atoms with Gasteiger partial charge in [0.1, 0.15) is 0 Å². The van der Waals surface area contributed by atoms with Crippen molar-refractivity contribution in [3.63, 3.8) is 0 Å². The summed E-state index contributed by atoms with van der Waals surface area (Å²) in [4.78, 5) is 16.2. The van der Waals surface area contributed by atoms with Crippen molar-refractivity contribution in [3.05, 3.63) is 53.9 Å². The van der Waals surface area contributed by atoms with Crippen molar-refractivity contribution in [3.8, 4) is 0 Å². The van der Waals surface area contributed by atoms with E-state index in [2.05, 4.69) is 15.0 Å². The lowest BCUT2D eigenvalue weighted by Gasteiger charge is -2.11. The third kappa shape index (κ3) is 4.28. The number of rotatable bonds is 4. The smallest absolute Gasteiger partial charge is 0.257 e. The summed E-state index contributed by atoms with van der Waals surface area (Å²) in [7, 11) is -3.42. The molecule has 21 heavy (non-hydrogen) atoms. The Hall–Kier alpha value is -2.41. The summed E-state index contributed by atoms with van der Waals surface area (Å²) in [6.45, 7) is 1.83. The van der Waals surface area contributed by atoms with E-state index in [0.29, 0.717) is 16.9 Å². The van der Waals surface area contributed by atoms with E-state index in [0.717, 1.165) is 11.9 Å². The Balaban J connectivity index is 2.23. The summed E-state index contributed by atoms with van der Waals surface area (Å²) in [5, 5.41) is 2.66. The number of para-hydroxylation sites is 2. The van der Waals surface area contributed by atoms with Crippen molar-refractivity contribution in [2.75, 3.05) is 16.3 Å². The highest BCUT2D eigenvalue weighted by Gasteiger charge is 2.11. The number of carbonyl (C=O) groups excluding carboxylic acids is 1. The number of hydrogen-bond donors (Lipinski definition) is 2. The highest BCUT2D eigenvalue weighted by molar-refractivity contribution is 7.92. The van der Waals surface area contributed by atoms with Crippen LogP contribution >= 0.6 is 0 Å². The van der Waals surface area contributed by atoms with Crippen LogP contribution in [0, 0.1) is 6.92 Å². The lowest BCUT2D eigenvalue weighted by molar-refractivity contribution is 0.102. The summed E-state index contributed by atoms with van der Waals surface area (Å²) >= 11 is 0. The van der Waals surface area contributed by atoms with Crippen LogP contribution in [0.1, 0.15) is 16.1 Å². The maximum absolute atomic E-state index is 12.1. The van der Waals surface area contributed by atoms with E-state index in [9.17, 15) is 13.2 Å². The first-order valence-electron chi connectivity index (χ1n) is 6.16. The molecule has 0 unspecified atom stereocenters. The molecular formula is C14H15N3O3S. The number of benzene rings is 1. The Morgan fingerprint density at radius 3 is 2.33 bits per heavy atom. The third-order valence-corrected chi connectivity index (χ3v) is 3.23. The molecule has 1 aromatic heterocycles. The lowest BCUT2D eigenvalue weighted by Crippen LogP contribution is -2.16. The second kappa shape index (κ2) is 5.92. The predicted octanol–water partition coefficient (Wildman–Crippen LogP) is 2.01. The first-order valence-corrected chi connectivity index (χ1v) is 8.05. The third-order valence-electron chi connectivity index (χ3n) is 2.64. The van der Waals surface area contributed by atoms with Gasteiger partial charge in [-0.1, -0.05) is 12.1 Å². The van der Waals surface area contributed by atoms with Crippen molar-refractivity contribution >= 4 is 27.3 Å². The molecule has 0 aliphatic rings. The second-order valence-electron chi connectivity index (χ2n) is 4.56. The molecule has 0 saturated heterocycles. The maximum Gasteiger partial charge on any atom is 0.257 e. The summed E-state index contributed by atoms with van der Waals surface area (Å²) < 4.78 is 25.0. The molecule has 0 atom stereocenters. The zero-order valence-corrected chi connectivity index (χ0v) is 12.4. The number of sulfonamides is 1. The van der Waals surface area contributed by atoms with E-state index in [4.69, 9.17) is 0 Å². The van der Waals surface area contributed by atoms with Gasteiger partial charge in [-0.05, 0) is 31.2 Å². The molecule has 1 heterocycles. The average molecular weight is 305 g/mol. The lowest BCUT2D eigenvalue weighted by atomic mass is 10.2. The molecule has 2 rings (SSSR count). The molecule has 0 aliphatic heterocycles. The molecule has 0 radical (unpaired) electrons. The van der Waals surface area contributed by atoms with Gasteiger partial charge >= 0.3 is 0 Å². The zero-order chi connectivity index (χ0) is 15.5. The normalized spacial score (nSPS) is 11.0. The topological polar surface area (TPSA) is 88.2 Å². The molecule has 0 spiro atoms. The average Bonchev–Trinajstić information content (AvgIpc) is 2.40. The maximum atomic E-state index is 12.1. The van der Waals surface area contributed by atoms with E-state index in [1.807, 2.05) is 6.92 Å². The molecule has 0 fully saturated rings. The Bertz CT molecular complexity index is 755. The fourth-order valence-electron chi connectivity index (χ4n) is 1.68. The van der Waals surface area contributed by atoms with E-state index < -0.39 is 10.0 Å². The summed E-state index contributed by atoms with van der Waals surface area (Å²) in [5.41, 5.74) is 1.90. The van der Waals surface area contributed by atoms with Gasteiger partial charge < -0.3 is 5.32 Å². The number of nitrogens with zero attached hydrogens (tertiary/aromatic N) is 1. The molecule has 110 valence electrons. The monoisotopic (exact) mass is 305 g/mol. The van der Waals surface area contributed by atoms with Gasteiger partial charge in [-0.3, -0.25) is 14.5 Å². The van der Waals surface area contributed by atoms with Crippen molar-refractivity contribution < 1.29 is 13.2 Å². The van der Waals surface area contributed by atoms with Gasteiger partial charge in [-0.25, -0.2) is 8.42 Å². The molecule has 7 heteroatoms. The predicted molar refractivity (Wildman–Crippen MR) is 81.8 cm³/mol. The number of hydrogen-bond acceptors (Lipinski definition) is 4. The number of pyridine rings is 1. The van der Waals surface area contributed by atoms with Gasteiger partial charge in [0.2, 0.25) is 10.0 Å². The highest BCUT2D eigenvalue weighted by atomic mass is 32.2. The van der Waals surface area contributed by atoms with Gasteiger partial charge in [0, 0.05) is 11.9 Å². The SMILES string of the molecule is Cc1ccc(C(=O)Nc2ccccc2NS(C)(=O)=O)cn1. The molecule has 0 saturated carbocycles. The van der Waals surface area contributed by atoms with Crippen LogP contribution in [0.2, 0.25) is 0 Å². The van der Waals surface area contributed by atoms with Crippen LogP contribution in [0.15, 0.2) is 42.6 Å².